The summed E-state index contributed by atoms with van der Waals surface area (Å²) in [5.41, 5.74) is -0.451. The average molecular weight is 414 g/mol. The molecular weight excluding hydrogens is 397 g/mol. The quantitative estimate of drug-likeness (QED) is 0.544. The molecule has 0 aliphatic carbocycles. The van der Waals surface area contributed by atoms with Gasteiger partial charge in [0.15, 0.2) is 0 Å². The van der Waals surface area contributed by atoms with Gasteiger partial charge in [0.25, 0.3) is 11.2 Å². The number of rotatable bonds is 1. The molecule has 0 bridgehead atoms. The van der Waals surface area contributed by atoms with E-state index in [4.69, 9.17) is 27.9 Å². The van der Waals surface area contributed by atoms with Crippen LogP contribution in [0.5, 0.6) is 0 Å². The van der Waals surface area contributed by atoms with Crippen LogP contribution in [0.3, 0.4) is 0 Å². The Morgan fingerprint density at radius 3 is 2.56 bits per heavy atom. The standard InChI is InChI=1S/C17H17Cl2N3O5/c1-7-11-8-5-10(22(25)26)12(18)13(19)14(8)20-15(23)9(11)6-21(7)16(24)27-17(2,3)4/h5,7H,6H2,1-4H3,(H,20,23)/t7-/m0/s1. The number of nitrogens with zero attached hydrogens (tertiary/aromatic N) is 2. The number of H-pyrrole nitrogens is 1. The van der Waals surface area contributed by atoms with E-state index in [1.165, 1.54) is 11.0 Å². The number of aromatic amines is 1. The molecule has 1 aliphatic heterocycles. The lowest BCUT2D eigenvalue weighted by Crippen LogP contribution is -2.35. The second-order valence-corrected chi connectivity index (χ2v) is 8.09. The van der Waals surface area contributed by atoms with Gasteiger partial charge < -0.3 is 9.72 Å². The highest BCUT2D eigenvalue weighted by Gasteiger charge is 2.37. The van der Waals surface area contributed by atoms with Crippen LogP contribution in [-0.4, -0.2) is 26.5 Å². The molecule has 1 N–H and O–H groups in total. The molecule has 1 aromatic heterocycles. The van der Waals surface area contributed by atoms with E-state index < -0.39 is 28.2 Å². The number of hydrogen-bond donors (Lipinski definition) is 1. The van der Waals surface area contributed by atoms with Gasteiger partial charge in [0.05, 0.1) is 28.0 Å². The van der Waals surface area contributed by atoms with Crippen LogP contribution >= 0.6 is 23.2 Å². The number of halogens is 2. The average Bonchev–Trinajstić information content (AvgIpc) is 2.88. The molecular formula is C17H17Cl2N3O5. The Morgan fingerprint density at radius 2 is 2.00 bits per heavy atom. The van der Waals surface area contributed by atoms with Crippen LogP contribution in [0.25, 0.3) is 10.9 Å². The zero-order chi connectivity index (χ0) is 20.3. The number of nitro benzene ring substituents is 1. The lowest BCUT2D eigenvalue weighted by molar-refractivity contribution is -0.384. The summed E-state index contributed by atoms with van der Waals surface area (Å²) in [7, 11) is 0. The van der Waals surface area contributed by atoms with E-state index in [0.717, 1.165) is 0 Å². The van der Waals surface area contributed by atoms with Crippen molar-refractivity contribution in [3.63, 3.8) is 0 Å². The van der Waals surface area contributed by atoms with Crippen LogP contribution in [0.1, 0.15) is 44.9 Å². The molecule has 3 rings (SSSR count). The Morgan fingerprint density at radius 1 is 1.37 bits per heavy atom. The molecule has 1 aliphatic rings. The first-order chi connectivity index (χ1) is 12.4. The molecule has 0 saturated carbocycles. The van der Waals surface area contributed by atoms with E-state index in [1.807, 2.05) is 0 Å². The molecule has 10 heteroatoms. The molecule has 144 valence electrons. The second-order valence-electron chi connectivity index (χ2n) is 7.33. The van der Waals surface area contributed by atoms with Gasteiger partial charge in [-0.2, -0.15) is 0 Å². The lowest BCUT2D eigenvalue weighted by Gasteiger charge is -2.27. The molecule has 8 nitrogen and oxygen atoms in total. The summed E-state index contributed by atoms with van der Waals surface area (Å²) in [5.74, 6) is 0. The van der Waals surface area contributed by atoms with Gasteiger partial charge in [0.2, 0.25) is 0 Å². The van der Waals surface area contributed by atoms with E-state index >= 15 is 0 Å². The van der Waals surface area contributed by atoms with Gasteiger partial charge >= 0.3 is 6.09 Å². The van der Waals surface area contributed by atoms with E-state index in [9.17, 15) is 19.7 Å². The SMILES string of the molecule is C[C@H]1c2c(c(=O)[nH]c3c(Cl)c(Cl)c([N+](=O)[O-])cc23)CN1C(=O)OC(C)(C)C. The number of aromatic nitrogens is 1. The topological polar surface area (TPSA) is 106 Å². The fourth-order valence-corrected chi connectivity index (χ4v) is 3.66. The fourth-order valence-electron chi connectivity index (χ4n) is 3.19. The highest BCUT2D eigenvalue weighted by molar-refractivity contribution is 6.46. The van der Waals surface area contributed by atoms with Gasteiger partial charge in [0, 0.05) is 17.0 Å². The summed E-state index contributed by atoms with van der Waals surface area (Å²) >= 11 is 12.1. The lowest BCUT2D eigenvalue weighted by atomic mass is 10.0. The normalized spacial score (nSPS) is 16.5. The number of carbonyl (C=O) groups is 1. The van der Waals surface area contributed by atoms with E-state index in [2.05, 4.69) is 4.98 Å². The molecule has 27 heavy (non-hydrogen) atoms. The monoisotopic (exact) mass is 413 g/mol. The molecule has 0 radical (unpaired) electrons. The minimum absolute atomic E-state index is 0.0325. The van der Waals surface area contributed by atoms with E-state index in [-0.39, 0.29) is 27.8 Å². The van der Waals surface area contributed by atoms with Crippen molar-refractivity contribution in [2.24, 2.45) is 0 Å². The van der Waals surface area contributed by atoms with Crippen LogP contribution in [-0.2, 0) is 11.3 Å². The van der Waals surface area contributed by atoms with Gasteiger partial charge in [-0.1, -0.05) is 23.2 Å². The van der Waals surface area contributed by atoms with Crippen LogP contribution in [0.2, 0.25) is 10.0 Å². The predicted molar refractivity (Wildman–Crippen MR) is 101 cm³/mol. The van der Waals surface area contributed by atoms with Crippen LogP contribution in [0.15, 0.2) is 10.9 Å². The number of nitro groups is 1. The van der Waals surface area contributed by atoms with Gasteiger partial charge in [-0.25, -0.2) is 4.79 Å². The summed E-state index contributed by atoms with van der Waals surface area (Å²) in [5, 5.41) is 11.3. The third kappa shape index (κ3) is 3.23. The third-order valence-corrected chi connectivity index (χ3v) is 5.21. The first-order valence-electron chi connectivity index (χ1n) is 8.13. The molecule has 2 heterocycles. The predicted octanol–water partition coefficient (Wildman–Crippen LogP) is 4.55. The Hall–Kier alpha value is -2.32. The van der Waals surface area contributed by atoms with Crippen molar-refractivity contribution in [1.82, 2.24) is 9.88 Å². The number of benzene rings is 1. The molecule has 0 fully saturated rings. The summed E-state index contributed by atoms with van der Waals surface area (Å²) in [4.78, 5) is 39.7. The largest absolute Gasteiger partial charge is 0.444 e. The number of ether oxygens (including phenoxy) is 1. The third-order valence-electron chi connectivity index (χ3n) is 4.35. The summed E-state index contributed by atoms with van der Waals surface area (Å²) in [6.45, 7) is 6.98. The number of nitrogens with one attached hydrogen (secondary N) is 1. The van der Waals surface area contributed by atoms with Crippen molar-refractivity contribution in [2.75, 3.05) is 0 Å². The van der Waals surface area contributed by atoms with E-state index in [0.29, 0.717) is 16.5 Å². The molecule has 2 aromatic rings. The summed E-state index contributed by atoms with van der Waals surface area (Å²) < 4.78 is 5.40. The van der Waals surface area contributed by atoms with Crippen molar-refractivity contribution in [1.29, 1.82) is 0 Å². The second kappa shape index (κ2) is 6.38. The van der Waals surface area contributed by atoms with Crippen molar-refractivity contribution in [2.45, 2.75) is 45.9 Å². The first kappa shape index (κ1) is 19.4. The van der Waals surface area contributed by atoms with Crippen molar-refractivity contribution in [3.8, 4) is 0 Å². The number of fused-ring (bicyclic) bond motifs is 3. The summed E-state index contributed by atoms with van der Waals surface area (Å²) in [6, 6.07) is 0.740. The Balaban J connectivity index is 2.21. The highest BCUT2D eigenvalue weighted by atomic mass is 35.5. The maximum Gasteiger partial charge on any atom is 0.411 e. The molecule has 1 amide bonds. The minimum Gasteiger partial charge on any atom is -0.444 e. The molecule has 0 unspecified atom stereocenters. The van der Waals surface area contributed by atoms with Crippen molar-refractivity contribution in [3.05, 3.63) is 47.7 Å². The maximum absolute atomic E-state index is 12.5. The Bertz CT molecular complexity index is 1040. The summed E-state index contributed by atoms with van der Waals surface area (Å²) in [6.07, 6.45) is -0.576. The molecule has 0 saturated heterocycles. The fraction of sp³-hybridized carbons (Fsp3) is 0.412. The van der Waals surface area contributed by atoms with Crippen molar-refractivity contribution < 1.29 is 14.5 Å². The first-order valence-corrected chi connectivity index (χ1v) is 8.88. The van der Waals surface area contributed by atoms with Crippen LogP contribution in [0, 0.1) is 10.1 Å². The molecule has 1 atom stereocenters. The van der Waals surface area contributed by atoms with E-state index in [1.54, 1.807) is 27.7 Å². The zero-order valence-corrected chi connectivity index (χ0v) is 16.6. The number of carbonyl (C=O) groups excluding carboxylic acids is 1. The van der Waals surface area contributed by atoms with Crippen molar-refractivity contribution >= 4 is 45.9 Å². The smallest absolute Gasteiger partial charge is 0.411 e. The zero-order valence-electron chi connectivity index (χ0n) is 15.1. The number of amides is 1. The molecule has 1 aromatic carbocycles. The van der Waals surface area contributed by atoms with Crippen LogP contribution in [0.4, 0.5) is 10.5 Å². The molecule has 0 spiro atoms. The van der Waals surface area contributed by atoms with Crippen LogP contribution < -0.4 is 5.56 Å². The number of hydrogen-bond acceptors (Lipinski definition) is 5. The Labute approximate surface area is 164 Å². The highest BCUT2D eigenvalue weighted by Crippen LogP contribution is 2.43. The van der Waals surface area contributed by atoms with Gasteiger partial charge in [-0.15, -0.1) is 0 Å². The minimum atomic E-state index is -0.699. The van der Waals surface area contributed by atoms with Gasteiger partial charge in [-0.3, -0.25) is 19.8 Å². The number of pyridine rings is 1. The maximum atomic E-state index is 12.5. The van der Waals surface area contributed by atoms with Gasteiger partial charge in [-0.05, 0) is 33.3 Å². The Kier molecular flexibility index (Phi) is 4.60. The van der Waals surface area contributed by atoms with Gasteiger partial charge in [0.1, 0.15) is 10.6 Å².